The number of carbonyl (C=O) groups is 2. The van der Waals surface area contributed by atoms with Gasteiger partial charge in [-0.2, -0.15) is 0 Å². The van der Waals surface area contributed by atoms with Gasteiger partial charge in [-0.3, -0.25) is 19.7 Å². The van der Waals surface area contributed by atoms with E-state index in [4.69, 9.17) is 4.74 Å². The number of nitro benzene ring substituents is 1. The van der Waals surface area contributed by atoms with Crippen molar-refractivity contribution in [3.63, 3.8) is 0 Å². The number of hydrogen-bond acceptors (Lipinski definition) is 5. The van der Waals surface area contributed by atoms with E-state index in [0.717, 1.165) is 11.6 Å². The van der Waals surface area contributed by atoms with Crippen molar-refractivity contribution < 1.29 is 19.2 Å². The van der Waals surface area contributed by atoms with E-state index in [0.29, 0.717) is 12.8 Å². The number of nitro groups is 1. The summed E-state index contributed by atoms with van der Waals surface area (Å²) in [5.74, 6) is -0.460. The minimum atomic E-state index is -0.662. The second-order valence-corrected chi connectivity index (χ2v) is 4.65. The first-order valence-corrected chi connectivity index (χ1v) is 6.77. The predicted molar refractivity (Wildman–Crippen MR) is 82.3 cm³/mol. The van der Waals surface area contributed by atoms with Crippen molar-refractivity contribution in [3.8, 4) is 5.75 Å². The number of benzene rings is 2. The molecule has 0 spiro atoms. The number of ether oxygens (including phenoxy) is 1. The van der Waals surface area contributed by atoms with Gasteiger partial charge in [0.2, 0.25) is 0 Å². The van der Waals surface area contributed by atoms with Gasteiger partial charge < -0.3 is 10.1 Å². The molecule has 7 nitrogen and oxygen atoms in total. The van der Waals surface area contributed by atoms with Gasteiger partial charge in [0.15, 0.2) is 12.4 Å². The Hall–Kier alpha value is -3.22. The molecule has 2 aromatic carbocycles. The summed E-state index contributed by atoms with van der Waals surface area (Å²) in [7, 11) is 0. The van der Waals surface area contributed by atoms with E-state index in [1.807, 2.05) is 30.3 Å². The Morgan fingerprint density at radius 3 is 2.61 bits per heavy atom. The fourth-order valence-electron chi connectivity index (χ4n) is 1.86. The maximum Gasteiger partial charge on any atom is 0.311 e. The summed E-state index contributed by atoms with van der Waals surface area (Å²) in [6, 6.07) is 13.1. The molecule has 2 aromatic rings. The third-order valence-corrected chi connectivity index (χ3v) is 3.01. The first kappa shape index (κ1) is 16.2. The molecule has 0 aromatic heterocycles. The van der Waals surface area contributed by atoms with Crippen molar-refractivity contribution in [1.29, 1.82) is 0 Å². The van der Waals surface area contributed by atoms with Gasteiger partial charge in [0.05, 0.1) is 4.92 Å². The molecule has 0 radical (unpaired) electrons. The van der Waals surface area contributed by atoms with E-state index in [9.17, 15) is 19.7 Å². The molecule has 0 bridgehead atoms. The summed E-state index contributed by atoms with van der Waals surface area (Å²) in [6.45, 7) is -0.0106. The molecule has 0 saturated carbocycles. The molecule has 7 heteroatoms. The molecule has 23 heavy (non-hydrogen) atoms. The van der Waals surface area contributed by atoms with E-state index in [1.165, 1.54) is 12.1 Å². The lowest BCUT2D eigenvalue weighted by molar-refractivity contribution is -0.385. The van der Waals surface area contributed by atoms with Crippen LogP contribution in [0.5, 0.6) is 5.75 Å². The number of aldehydes is 1. The van der Waals surface area contributed by atoms with Crippen LogP contribution in [0.2, 0.25) is 0 Å². The van der Waals surface area contributed by atoms with Crippen LogP contribution in [-0.4, -0.2) is 23.7 Å². The third kappa shape index (κ3) is 4.63. The van der Waals surface area contributed by atoms with Gasteiger partial charge in [-0.05, 0) is 17.7 Å². The second kappa shape index (κ2) is 7.69. The van der Waals surface area contributed by atoms with Crippen molar-refractivity contribution in [3.05, 3.63) is 69.8 Å². The van der Waals surface area contributed by atoms with Crippen LogP contribution in [0.3, 0.4) is 0 Å². The number of rotatable bonds is 7. The number of amides is 1. The van der Waals surface area contributed by atoms with Crippen LogP contribution in [0.1, 0.15) is 15.9 Å². The monoisotopic (exact) mass is 314 g/mol. The fraction of sp³-hybridized carbons (Fsp3) is 0.125. The maximum absolute atomic E-state index is 11.7. The van der Waals surface area contributed by atoms with Crippen LogP contribution in [-0.2, 0) is 11.3 Å². The molecule has 0 atom stereocenters. The van der Waals surface area contributed by atoms with Crippen molar-refractivity contribution in [1.82, 2.24) is 5.32 Å². The Morgan fingerprint density at radius 1 is 1.22 bits per heavy atom. The molecule has 1 amide bonds. The van der Waals surface area contributed by atoms with Crippen LogP contribution >= 0.6 is 0 Å². The first-order chi connectivity index (χ1) is 11.1. The lowest BCUT2D eigenvalue weighted by Gasteiger charge is -2.08. The Bertz CT molecular complexity index is 716. The molecule has 118 valence electrons. The Kier molecular flexibility index (Phi) is 5.40. The SMILES string of the molecule is O=Cc1ccc(OCC(=O)NCc2ccccc2)c([N+](=O)[O-])c1. The van der Waals surface area contributed by atoms with Gasteiger partial charge in [0.25, 0.3) is 5.91 Å². The molecule has 1 N–H and O–H groups in total. The molecule has 0 aliphatic rings. The highest BCUT2D eigenvalue weighted by atomic mass is 16.6. The first-order valence-electron chi connectivity index (χ1n) is 6.77. The Morgan fingerprint density at radius 2 is 1.96 bits per heavy atom. The van der Waals surface area contributed by atoms with E-state index < -0.39 is 10.8 Å². The Labute approximate surface area is 132 Å². The molecule has 2 rings (SSSR count). The molecule has 0 unspecified atom stereocenters. The van der Waals surface area contributed by atoms with Crippen LogP contribution in [0, 0.1) is 10.1 Å². The topological polar surface area (TPSA) is 98.5 Å². The third-order valence-electron chi connectivity index (χ3n) is 3.01. The normalized spacial score (nSPS) is 9.91. The van der Waals surface area contributed by atoms with Gasteiger partial charge >= 0.3 is 5.69 Å². The average Bonchev–Trinajstić information content (AvgIpc) is 2.58. The van der Waals surface area contributed by atoms with Crippen molar-refractivity contribution in [2.24, 2.45) is 0 Å². The van der Waals surface area contributed by atoms with Crippen LogP contribution in [0.25, 0.3) is 0 Å². The highest BCUT2D eigenvalue weighted by molar-refractivity contribution is 5.79. The second-order valence-electron chi connectivity index (χ2n) is 4.65. The Balaban J connectivity index is 1.93. The smallest absolute Gasteiger partial charge is 0.311 e. The fourth-order valence-corrected chi connectivity index (χ4v) is 1.86. The van der Waals surface area contributed by atoms with Gasteiger partial charge in [-0.15, -0.1) is 0 Å². The summed E-state index contributed by atoms with van der Waals surface area (Å²) in [5.41, 5.74) is 0.741. The summed E-state index contributed by atoms with van der Waals surface area (Å²) in [4.78, 5) is 32.7. The number of nitrogens with zero attached hydrogens (tertiary/aromatic N) is 1. The van der Waals surface area contributed by atoms with Gasteiger partial charge in [-0.25, -0.2) is 0 Å². The summed E-state index contributed by atoms with van der Waals surface area (Å²) < 4.78 is 5.18. The standard InChI is InChI=1S/C16H14N2O5/c19-10-13-6-7-15(14(8-13)18(21)22)23-11-16(20)17-9-12-4-2-1-3-5-12/h1-8,10H,9,11H2,(H,17,20). The maximum atomic E-state index is 11.7. The van der Waals surface area contributed by atoms with Crippen LogP contribution in [0.15, 0.2) is 48.5 Å². The highest BCUT2D eigenvalue weighted by Crippen LogP contribution is 2.27. The van der Waals surface area contributed by atoms with Crippen molar-refractivity contribution in [2.45, 2.75) is 6.54 Å². The largest absolute Gasteiger partial charge is 0.477 e. The lowest BCUT2D eigenvalue weighted by atomic mass is 10.2. The van der Waals surface area contributed by atoms with E-state index in [2.05, 4.69) is 5.32 Å². The number of hydrogen-bond donors (Lipinski definition) is 1. The quantitative estimate of drug-likeness (QED) is 0.479. The van der Waals surface area contributed by atoms with E-state index in [1.54, 1.807) is 0 Å². The molecular formula is C16H14N2O5. The highest BCUT2D eigenvalue weighted by Gasteiger charge is 2.17. The summed E-state index contributed by atoms with van der Waals surface area (Å²) in [6.07, 6.45) is 0.503. The zero-order valence-electron chi connectivity index (χ0n) is 12.1. The molecule has 0 heterocycles. The van der Waals surface area contributed by atoms with E-state index >= 15 is 0 Å². The molecule has 0 aliphatic heterocycles. The van der Waals surface area contributed by atoms with Crippen LogP contribution in [0.4, 0.5) is 5.69 Å². The minimum Gasteiger partial charge on any atom is -0.477 e. The zero-order chi connectivity index (χ0) is 16.7. The van der Waals surface area contributed by atoms with Gasteiger partial charge in [0, 0.05) is 18.2 Å². The van der Waals surface area contributed by atoms with Crippen LogP contribution < -0.4 is 10.1 Å². The molecule has 0 saturated heterocycles. The van der Waals surface area contributed by atoms with E-state index in [-0.39, 0.29) is 23.6 Å². The zero-order valence-corrected chi connectivity index (χ0v) is 12.1. The average molecular weight is 314 g/mol. The summed E-state index contributed by atoms with van der Waals surface area (Å²) >= 11 is 0. The predicted octanol–water partition coefficient (Wildman–Crippen LogP) is 2.10. The van der Waals surface area contributed by atoms with Gasteiger partial charge in [-0.1, -0.05) is 30.3 Å². The molecule has 0 fully saturated rings. The van der Waals surface area contributed by atoms with Crippen molar-refractivity contribution in [2.75, 3.05) is 6.61 Å². The molecule has 0 aliphatic carbocycles. The number of nitrogens with one attached hydrogen (secondary N) is 1. The summed E-state index contributed by atoms with van der Waals surface area (Å²) in [5, 5.41) is 13.6. The van der Waals surface area contributed by atoms with Crippen molar-refractivity contribution >= 4 is 17.9 Å². The lowest BCUT2D eigenvalue weighted by Crippen LogP contribution is -2.28. The molecular weight excluding hydrogens is 300 g/mol. The minimum absolute atomic E-state index is 0.0598. The number of carbonyl (C=O) groups excluding carboxylic acids is 2. The van der Waals surface area contributed by atoms with Gasteiger partial charge in [0.1, 0.15) is 6.29 Å².